The average Bonchev–Trinajstić information content (AvgIpc) is 3.39. The molecule has 0 radical (unpaired) electrons. The molecule has 0 aromatic heterocycles. The van der Waals surface area contributed by atoms with Gasteiger partial charge in [-0.05, 0) is 44.1 Å². The number of likely N-dealkylation sites (tertiary alicyclic amines) is 1. The summed E-state index contributed by atoms with van der Waals surface area (Å²) in [6.07, 6.45) is 2.47. The van der Waals surface area contributed by atoms with Gasteiger partial charge in [0.25, 0.3) is 5.91 Å². The van der Waals surface area contributed by atoms with Crippen molar-refractivity contribution in [2.45, 2.75) is 62.6 Å². The molecule has 1 spiro atoms. The van der Waals surface area contributed by atoms with Gasteiger partial charge in [-0.2, -0.15) is 0 Å². The zero-order valence-corrected chi connectivity index (χ0v) is 21.1. The smallest absolute Gasteiger partial charge is 0.264 e. The Bertz CT molecular complexity index is 970. The van der Waals surface area contributed by atoms with E-state index in [2.05, 4.69) is 6.58 Å². The van der Waals surface area contributed by atoms with Crippen LogP contribution in [0.25, 0.3) is 0 Å². The Morgan fingerprint density at radius 1 is 1.45 bits per heavy atom. The van der Waals surface area contributed by atoms with E-state index in [4.69, 9.17) is 16.3 Å². The zero-order valence-electron chi connectivity index (χ0n) is 19.4. The first kappa shape index (κ1) is 24.4. The van der Waals surface area contributed by atoms with Gasteiger partial charge in [0.15, 0.2) is 5.60 Å². The minimum absolute atomic E-state index is 0.0156. The largest absolute Gasteiger partial charge is 0.394 e. The summed E-state index contributed by atoms with van der Waals surface area (Å²) in [5.74, 6) is -0.905. The molecular formula is C24H32ClFN2O4Si. The topological polar surface area (TPSA) is 70.1 Å². The number of halogens is 2. The van der Waals surface area contributed by atoms with Crippen LogP contribution in [0.3, 0.4) is 0 Å². The van der Waals surface area contributed by atoms with Crippen LogP contribution in [0.15, 0.2) is 30.9 Å². The van der Waals surface area contributed by atoms with Crippen LogP contribution in [0, 0.1) is 5.92 Å². The van der Waals surface area contributed by atoms with Gasteiger partial charge in [-0.3, -0.25) is 9.59 Å². The van der Waals surface area contributed by atoms with Crippen LogP contribution in [0.1, 0.15) is 31.7 Å². The van der Waals surface area contributed by atoms with E-state index in [0.717, 1.165) is 12.8 Å². The number of carbonyl (C=O) groups is 2. The van der Waals surface area contributed by atoms with Gasteiger partial charge in [-0.25, -0.2) is 0 Å². The van der Waals surface area contributed by atoms with Gasteiger partial charge in [-0.1, -0.05) is 24.6 Å². The normalized spacial score (nSPS) is 31.5. The number of hydrogen-bond donors (Lipinski definition) is 1. The van der Waals surface area contributed by atoms with Crippen LogP contribution in [-0.4, -0.2) is 62.1 Å². The van der Waals surface area contributed by atoms with Crippen LogP contribution < -0.4 is 4.90 Å². The van der Waals surface area contributed by atoms with Gasteiger partial charge < -0.3 is 23.8 Å². The van der Waals surface area contributed by atoms with E-state index in [0.29, 0.717) is 29.4 Å². The fraction of sp³-hybridized carbons (Fsp3) is 0.583. The molecule has 5 atom stereocenters. The number of amides is 2. The molecule has 33 heavy (non-hydrogen) atoms. The predicted molar refractivity (Wildman–Crippen MR) is 128 cm³/mol. The summed E-state index contributed by atoms with van der Waals surface area (Å²) in [4.78, 5) is 30.3. The highest BCUT2D eigenvalue weighted by atomic mass is 35.5. The quantitative estimate of drug-likeness (QED) is 0.368. The molecule has 3 aliphatic rings. The number of nitrogens with zero attached hydrogens (tertiary/aromatic N) is 2. The van der Waals surface area contributed by atoms with Crippen LogP contribution in [0.4, 0.5) is 9.80 Å². The van der Waals surface area contributed by atoms with E-state index >= 15 is 4.11 Å². The number of anilines is 1. The second kappa shape index (κ2) is 8.80. The molecule has 1 N–H and O–H groups in total. The lowest BCUT2D eigenvalue weighted by Gasteiger charge is -2.31. The third-order valence-corrected chi connectivity index (χ3v) is 10.2. The summed E-state index contributed by atoms with van der Waals surface area (Å²) < 4.78 is 22.3. The van der Waals surface area contributed by atoms with Crippen molar-refractivity contribution < 1.29 is 23.5 Å². The molecule has 0 saturated carbocycles. The third-order valence-electron chi connectivity index (χ3n) is 7.52. The molecule has 1 aromatic carbocycles. The molecule has 1 aromatic rings. The molecule has 3 heterocycles. The highest BCUT2D eigenvalue weighted by molar-refractivity contribution is 6.72. The van der Waals surface area contributed by atoms with Gasteiger partial charge in [0, 0.05) is 35.1 Å². The average molecular weight is 495 g/mol. The van der Waals surface area contributed by atoms with Crippen molar-refractivity contribution in [3.63, 3.8) is 0 Å². The highest BCUT2D eigenvalue weighted by Gasteiger charge is 2.67. The Labute approximate surface area is 200 Å². The van der Waals surface area contributed by atoms with Gasteiger partial charge in [-0.15, -0.1) is 6.58 Å². The number of rotatable bonds is 6. The Kier molecular flexibility index (Phi) is 6.50. The molecule has 180 valence electrons. The molecule has 2 amide bonds. The summed E-state index contributed by atoms with van der Waals surface area (Å²) in [7, 11) is -3.35. The standard InChI is InChI=1S/C24H32ClFN2O4Si/c1-5-10-28-19-9-8-16(25)12-18(19)24(23(28)31)15(2)22(33(3,4)26)20(32-24)13-21(30)27-11-6-7-17(27)14-29/h5,8-9,12,15,17,20,22,29H,1,6-7,10-11,13-14H2,2-4H3/t15-,17+,20+,22-,24+/m1/s1. The summed E-state index contributed by atoms with van der Waals surface area (Å²) in [5.41, 5.74) is -0.644. The maximum absolute atomic E-state index is 15.8. The highest BCUT2D eigenvalue weighted by Crippen LogP contribution is 2.60. The minimum Gasteiger partial charge on any atom is -0.394 e. The Balaban J connectivity index is 1.75. The van der Waals surface area contributed by atoms with Crippen molar-refractivity contribution in [1.82, 2.24) is 4.90 Å². The first-order valence-electron chi connectivity index (χ1n) is 11.6. The van der Waals surface area contributed by atoms with E-state index in [9.17, 15) is 14.7 Å². The van der Waals surface area contributed by atoms with Gasteiger partial charge in [0.05, 0.1) is 30.9 Å². The van der Waals surface area contributed by atoms with E-state index < -0.39 is 31.6 Å². The molecule has 9 heteroatoms. The zero-order chi connectivity index (χ0) is 24.1. The molecule has 6 nitrogen and oxygen atoms in total. The minimum atomic E-state index is -3.35. The number of aliphatic hydroxyl groups excluding tert-OH is 1. The van der Waals surface area contributed by atoms with Gasteiger partial charge >= 0.3 is 0 Å². The summed E-state index contributed by atoms with van der Waals surface area (Å²) in [5, 5.41) is 10.1. The summed E-state index contributed by atoms with van der Waals surface area (Å²) >= 11 is 6.31. The number of hydrogen-bond acceptors (Lipinski definition) is 4. The maximum atomic E-state index is 15.8. The van der Waals surface area contributed by atoms with Crippen molar-refractivity contribution in [1.29, 1.82) is 0 Å². The lowest BCUT2D eigenvalue weighted by Crippen LogP contribution is -2.45. The van der Waals surface area contributed by atoms with Gasteiger partial charge in [0.2, 0.25) is 14.3 Å². The van der Waals surface area contributed by atoms with Crippen molar-refractivity contribution in [3.8, 4) is 0 Å². The Hall–Kier alpha value is -1.74. The van der Waals surface area contributed by atoms with E-state index in [1.54, 1.807) is 47.2 Å². The van der Waals surface area contributed by atoms with Crippen molar-refractivity contribution in [2.24, 2.45) is 5.92 Å². The van der Waals surface area contributed by atoms with E-state index in [-0.39, 0.29) is 30.9 Å². The van der Waals surface area contributed by atoms with Gasteiger partial charge in [0.1, 0.15) is 0 Å². The van der Waals surface area contributed by atoms with E-state index in [1.807, 2.05) is 6.92 Å². The molecule has 2 saturated heterocycles. The van der Waals surface area contributed by atoms with Crippen LogP contribution in [0.5, 0.6) is 0 Å². The molecule has 3 aliphatic heterocycles. The molecule has 0 unspecified atom stereocenters. The number of ether oxygens (including phenoxy) is 1. The molecule has 0 aliphatic carbocycles. The van der Waals surface area contributed by atoms with E-state index in [1.165, 1.54) is 0 Å². The van der Waals surface area contributed by atoms with Crippen molar-refractivity contribution in [2.75, 3.05) is 24.6 Å². The predicted octanol–water partition coefficient (Wildman–Crippen LogP) is 4.02. The lowest BCUT2D eigenvalue weighted by molar-refractivity contribution is -0.149. The molecular weight excluding hydrogens is 463 g/mol. The number of fused-ring (bicyclic) bond motifs is 2. The molecule has 0 bridgehead atoms. The second-order valence-corrected chi connectivity index (χ2v) is 14.1. The maximum Gasteiger partial charge on any atom is 0.264 e. The third kappa shape index (κ3) is 3.85. The fourth-order valence-corrected chi connectivity index (χ4v) is 8.84. The molecule has 2 fully saturated rings. The first-order valence-corrected chi connectivity index (χ1v) is 14.9. The van der Waals surface area contributed by atoms with Crippen molar-refractivity contribution >= 4 is 37.5 Å². The summed E-state index contributed by atoms with van der Waals surface area (Å²) in [6, 6.07) is 5.02. The number of carbonyl (C=O) groups excluding carboxylic acids is 2. The second-order valence-electron chi connectivity index (χ2n) is 9.91. The Morgan fingerprint density at radius 2 is 2.18 bits per heavy atom. The van der Waals surface area contributed by atoms with Crippen LogP contribution >= 0.6 is 11.6 Å². The summed E-state index contributed by atoms with van der Waals surface area (Å²) in [6.45, 7) is 9.62. The monoisotopic (exact) mass is 494 g/mol. The number of benzene rings is 1. The Morgan fingerprint density at radius 3 is 2.82 bits per heavy atom. The molecule has 4 rings (SSSR count). The van der Waals surface area contributed by atoms with Crippen LogP contribution in [-0.2, 0) is 19.9 Å². The fourth-order valence-electron chi connectivity index (χ4n) is 6.17. The lowest BCUT2D eigenvalue weighted by atomic mass is 9.82. The van der Waals surface area contributed by atoms with Crippen molar-refractivity contribution in [3.05, 3.63) is 41.4 Å². The first-order chi connectivity index (χ1) is 15.6. The number of aliphatic hydroxyl groups is 1. The van der Waals surface area contributed by atoms with Crippen LogP contribution in [0.2, 0.25) is 23.7 Å². The SMILES string of the molecule is C=CCN1C(=O)[C@@]2(O[C@@H](CC(=O)N3CCC[C@H]3CO)[C@H]([Si](C)(C)F)[C@H]2C)c2cc(Cl)ccc21.